The summed E-state index contributed by atoms with van der Waals surface area (Å²) >= 11 is 0. The molecule has 0 aliphatic heterocycles. The smallest absolute Gasteiger partial charge is 0.305 e. The average Bonchev–Trinajstić information content (AvgIpc) is 3.06. The standard InChI is InChI=1S/C40H72O7/c1-3-5-7-9-11-13-15-17-18-20-22-24-26-28-32-39(44)46-34-36(41)35-47-40(45)33-29-31-38(43)37(42)30-27-25-23-21-19-16-14-12-10-8-6-4-2/h12,14,19,21,25,27,36-38,41-43H,3-11,13,15-18,20,22-24,26,28-35H2,1-2H3/b14-12-,21-19-,27-25-/t36-,37?,38?/m1/s1. The number of hydrogen-bond donors (Lipinski definition) is 3. The lowest BCUT2D eigenvalue weighted by molar-refractivity contribution is -0.152. The molecule has 0 fully saturated rings. The molecule has 3 atom stereocenters. The van der Waals surface area contributed by atoms with Crippen molar-refractivity contribution >= 4 is 11.9 Å². The van der Waals surface area contributed by atoms with E-state index in [9.17, 15) is 24.9 Å². The predicted octanol–water partition coefficient (Wildman–Crippen LogP) is 9.62. The lowest BCUT2D eigenvalue weighted by Crippen LogP contribution is -2.26. The molecule has 47 heavy (non-hydrogen) atoms. The van der Waals surface area contributed by atoms with Crippen LogP contribution in [0.3, 0.4) is 0 Å². The van der Waals surface area contributed by atoms with E-state index in [1.165, 1.54) is 89.9 Å². The van der Waals surface area contributed by atoms with Gasteiger partial charge in [0, 0.05) is 12.8 Å². The molecule has 0 radical (unpaired) electrons. The highest BCUT2D eigenvalue weighted by atomic mass is 16.6. The third kappa shape index (κ3) is 33.7. The maximum atomic E-state index is 12.0. The van der Waals surface area contributed by atoms with E-state index < -0.39 is 24.3 Å². The van der Waals surface area contributed by atoms with Crippen molar-refractivity contribution in [1.82, 2.24) is 0 Å². The Morgan fingerprint density at radius 3 is 1.47 bits per heavy atom. The monoisotopic (exact) mass is 665 g/mol. The molecule has 0 aliphatic rings. The number of allylic oxidation sites excluding steroid dienone is 5. The van der Waals surface area contributed by atoms with Gasteiger partial charge < -0.3 is 24.8 Å². The molecule has 0 saturated carbocycles. The van der Waals surface area contributed by atoms with Crippen molar-refractivity contribution in [2.24, 2.45) is 0 Å². The van der Waals surface area contributed by atoms with E-state index in [0.717, 1.165) is 38.5 Å². The van der Waals surface area contributed by atoms with Gasteiger partial charge >= 0.3 is 11.9 Å². The van der Waals surface area contributed by atoms with Crippen molar-refractivity contribution in [3.8, 4) is 0 Å². The zero-order valence-electron chi connectivity index (χ0n) is 30.3. The Bertz CT molecular complexity index is 791. The van der Waals surface area contributed by atoms with Gasteiger partial charge in [0.15, 0.2) is 0 Å². The van der Waals surface area contributed by atoms with Crippen LogP contribution < -0.4 is 0 Å². The van der Waals surface area contributed by atoms with Crippen LogP contribution in [0.4, 0.5) is 0 Å². The molecule has 0 aromatic rings. The quantitative estimate of drug-likeness (QED) is 0.0357. The van der Waals surface area contributed by atoms with Gasteiger partial charge in [-0.15, -0.1) is 0 Å². The second-order valence-corrected chi connectivity index (χ2v) is 13.0. The summed E-state index contributed by atoms with van der Waals surface area (Å²) in [6, 6.07) is 0. The molecule has 7 heteroatoms. The Labute approximate surface area is 288 Å². The minimum Gasteiger partial charge on any atom is -0.463 e. The van der Waals surface area contributed by atoms with E-state index >= 15 is 0 Å². The van der Waals surface area contributed by atoms with Crippen LogP contribution in [-0.2, 0) is 19.1 Å². The fraction of sp³-hybridized carbons (Fsp3) is 0.800. The largest absolute Gasteiger partial charge is 0.463 e. The van der Waals surface area contributed by atoms with E-state index in [2.05, 4.69) is 38.2 Å². The number of aliphatic hydroxyl groups is 3. The van der Waals surface area contributed by atoms with Crippen molar-refractivity contribution in [2.75, 3.05) is 13.2 Å². The average molecular weight is 665 g/mol. The number of carbonyl (C=O) groups excluding carboxylic acids is 2. The summed E-state index contributed by atoms with van der Waals surface area (Å²) in [5, 5.41) is 30.3. The second-order valence-electron chi connectivity index (χ2n) is 13.0. The van der Waals surface area contributed by atoms with Crippen LogP contribution in [0.15, 0.2) is 36.5 Å². The summed E-state index contributed by atoms with van der Waals surface area (Å²) in [6.07, 6.45) is 35.2. The van der Waals surface area contributed by atoms with Gasteiger partial charge in [0.25, 0.3) is 0 Å². The van der Waals surface area contributed by atoms with Crippen molar-refractivity contribution in [1.29, 1.82) is 0 Å². The van der Waals surface area contributed by atoms with Gasteiger partial charge in [-0.1, -0.05) is 147 Å². The van der Waals surface area contributed by atoms with Gasteiger partial charge in [0.2, 0.25) is 0 Å². The van der Waals surface area contributed by atoms with Gasteiger partial charge in [0.05, 0.1) is 12.2 Å². The van der Waals surface area contributed by atoms with E-state index in [-0.39, 0.29) is 32.0 Å². The summed E-state index contributed by atoms with van der Waals surface area (Å²) in [4.78, 5) is 23.9. The highest BCUT2D eigenvalue weighted by Crippen LogP contribution is 2.14. The van der Waals surface area contributed by atoms with Crippen LogP contribution in [0.25, 0.3) is 0 Å². The Hall–Kier alpha value is -1.96. The molecule has 0 bridgehead atoms. The third-order valence-corrected chi connectivity index (χ3v) is 8.33. The molecule has 2 unspecified atom stereocenters. The first kappa shape index (κ1) is 45.0. The van der Waals surface area contributed by atoms with Crippen LogP contribution in [-0.4, -0.2) is 58.8 Å². The van der Waals surface area contributed by atoms with Crippen LogP contribution in [0.2, 0.25) is 0 Å². The Morgan fingerprint density at radius 1 is 0.511 bits per heavy atom. The van der Waals surface area contributed by atoms with E-state index in [0.29, 0.717) is 19.3 Å². The van der Waals surface area contributed by atoms with E-state index in [4.69, 9.17) is 9.47 Å². The molecule has 274 valence electrons. The second kappa shape index (κ2) is 35.3. The maximum absolute atomic E-state index is 12.0. The summed E-state index contributed by atoms with van der Waals surface area (Å²) in [5.41, 5.74) is 0. The minimum atomic E-state index is -1.07. The van der Waals surface area contributed by atoms with Crippen molar-refractivity contribution in [3.05, 3.63) is 36.5 Å². The summed E-state index contributed by atoms with van der Waals surface area (Å²) in [7, 11) is 0. The summed E-state index contributed by atoms with van der Waals surface area (Å²) < 4.78 is 10.2. The predicted molar refractivity (Wildman–Crippen MR) is 194 cm³/mol. The zero-order valence-corrected chi connectivity index (χ0v) is 30.3. The molecule has 0 aromatic heterocycles. The number of rotatable bonds is 34. The van der Waals surface area contributed by atoms with Crippen LogP contribution in [0.5, 0.6) is 0 Å². The van der Waals surface area contributed by atoms with Crippen molar-refractivity contribution in [3.63, 3.8) is 0 Å². The number of esters is 2. The fourth-order valence-corrected chi connectivity index (χ4v) is 5.25. The molecule has 3 N–H and O–H groups in total. The normalized spacial score (nSPS) is 13.9. The summed E-state index contributed by atoms with van der Waals surface area (Å²) in [6.45, 7) is 4.02. The number of carbonyl (C=O) groups is 2. The molecule has 0 aromatic carbocycles. The number of unbranched alkanes of at least 4 members (excludes halogenated alkanes) is 16. The number of aliphatic hydroxyl groups excluding tert-OH is 3. The Morgan fingerprint density at radius 2 is 0.936 bits per heavy atom. The van der Waals surface area contributed by atoms with Crippen molar-refractivity contribution < 1.29 is 34.4 Å². The molecular weight excluding hydrogens is 592 g/mol. The van der Waals surface area contributed by atoms with Gasteiger partial charge in [0.1, 0.15) is 19.3 Å². The van der Waals surface area contributed by atoms with Crippen LogP contribution >= 0.6 is 0 Å². The summed E-state index contributed by atoms with van der Waals surface area (Å²) in [5.74, 6) is -0.837. The molecule has 7 nitrogen and oxygen atoms in total. The molecule has 0 spiro atoms. The first-order chi connectivity index (χ1) is 22.9. The molecule has 0 aliphatic carbocycles. The molecule has 0 rings (SSSR count). The molecule has 0 saturated heterocycles. The molecule has 0 heterocycles. The zero-order chi connectivity index (χ0) is 34.6. The maximum Gasteiger partial charge on any atom is 0.305 e. The van der Waals surface area contributed by atoms with Crippen LogP contribution in [0.1, 0.15) is 174 Å². The highest BCUT2D eigenvalue weighted by molar-refractivity contribution is 5.69. The SMILES string of the molecule is CCCCC/C=C\C/C=C\C/C=C\CC(O)C(O)CCCC(=O)OC[C@H](O)COC(=O)CCCCCCCCCCCCCCCC. The molecule has 0 amide bonds. The first-order valence-corrected chi connectivity index (χ1v) is 19.2. The number of hydrogen-bond acceptors (Lipinski definition) is 7. The van der Waals surface area contributed by atoms with Crippen molar-refractivity contribution in [2.45, 2.75) is 193 Å². The first-order valence-electron chi connectivity index (χ1n) is 19.2. The Kier molecular flexibility index (Phi) is 33.9. The highest BCUT2D eigenvalue weighted by Gasteiger charge is 2.16. The molecular formula is C40H72O7. The van der Waals surface area contributed by atoms with Gasteiger partial charge in [-0.05, 0) is 51.4 Å². The Balaban J connectivity index is 3.69. The fourth-order valence-electron chi connectivity index (χ4n) is 5.25. The van der Waals surface area contributed by atoms with Gasteiger partial charge in [-0.3, -0.25) is 9.59 Å². The third-order valence-electron chi connectivity index (χ3n) is 8.33. The van der Waals surface area contributed by atoms with Gasteiger partial charge in [-0.2, -0.15) is 0 Å². The lowest BCUT2D eigenvalue weighted by atomic mass is 10.0. The lowest BCUT2D eigenvalue weighted by Gasteiger charge is -2.16. The van der Waals surface area contributed by atoms with E-state index in [1.807, 2.05) is 12.2 Å². The number of ether oxygens (including phenoxy) is 2. The van der Waals surface area contributed by atoms with Gasteiger partial charge in [-0.25, -0.2) is 0 Å². The topological polar surface area (TPSA) is 113 Å². The van der Waals surface area contributed by atoms with E-state index in [1.54, 1.807) is 0 Å². The minimum absolute atomic E-state index is 0.0725. The van der Waals surface area contributed by atoms with Crippen LogP contribution in [0, 0.1) is 0 Å².